The van der Waals surface area contributed by atoms with Gasteiger partial charge in [0.1, 0.15) is 11.5 Å². The average molecular weight is 551 g/mol. The van der Waals surface area contributed by atoms with Gasteiger partial charge in [0.25, 0.3) is 11.8 Å². The molecule has 3 aliphatic carbocycles. The molecule has 2 atom stereocenters. The molecule has 1 saturated heterocycles. The maximum absolute atomic E-state index is 13.7. The number of carbonyl (C=O) groups excluding carboxylic acids is 3. The molecule has 7 nitrogen and oxygen atoms in total. The van der Waals surface area contributed by atoms with Crippen molar-refractivity contribution in [3.05, 3.63) is 117 Å². The minimum Gasteiger partial charge on any atom is -0.462 e. The lowest BCUT2D eigenvalue weighted by atomic mass is 9.55. The Morgan fingerprint density at radius 3 is 2.02 bits per heavy atom. The summed E-state index contributed by atoms with van der Waals surface area (Å²) in [5.41, 5.74) is 5.31. The second kappa shape index (κ2) is 9.31. The molecular formula is C32H23ClN2O5. The fraction of sp³-hybridized carbons (Fsp3) is 0.188. The summed E-state index contributed by atoms with van der Waals surface area (Å²) < 4.78 is 11.0. The Hall–Kier alpha value is -4.49. The van der Waals surface area contributed by atoms with Gasteiger partial charge in [-0.15, -0.1) is 0 Å². The van der Waals surface area contributed by atoms with E-state index in [-0.39, 0.29) is 40.8 Å². The van der Waals surface area contributed by atoms with Crippen molar-refractivity contribution in [1.82, 2.24) is 5.01 Å². The normalized spacial score (nSPS) is 22.4. The highest BCUT2D eigenvalue weighted by atomic mass is 35.5. The fourth-order valence-corrected chi connectivity index (χ4v) is 6.71. The van der Waals surface area contributed by atoms with Gasteiger partial charge >= 0.3 is 5.97 Å². The molecule has 1 aromatic heterocycles. The van der Waals surface area contributed by atoms with Crippen LogP contribution in [0.25, 0.3) is 11.3 Å². The molecule has 1 fully saturated rings. The van der Waals surface area contributed by atoms with E-state index in [2.05, 4.69) is 29.4 Å². The maximum atomic E-state index is 13.7. The Morgan fingerprint density at radius 1 is 0.900 bits per heavy atom. The zero-order chi connectivity index (χ0) is 27.5. The van der Waals surface area contributed by atoms with Crippen LogP contribution in [0.4, 0.5) is 0 Å². The number of rotatable bonds is 5. The average Bonchev–Trinajstić information content (AvgIpc) is 3.55. The number of hydrazone groups is 1. The van der Waals surface area contributed by atoms with Crippen molar-refractivity contribution >= 4 is 35.6 Å². The molecule has 198 valence electrons. The molecular weight excluding hydrogens is 528 g/mol. The van der Waals surface area contributed by atoms with Crippen LogP contribution in [0.2, 0.25) is 5.02 Å². The van der Waals surface area contributed by atoms with Crippen molar-refractivity contribution in [1.29, 1.82) is 0 Å². The van der Waals surface area contributed by atoms with E-state index in [1.54, 1.807) is 37.3 Å². The minimum absolute atomic E-state index is 0.187. The van der Waals surface area contributed by atoms with Crippen molar-refractivity contribution in [2.75, 3.05) is 6.61 Å². The van der Waals surface area contributed by atoms with Crippen LogP contribution in [0.3, 0.4) is 0 Å². The van der Waals surface area contributed by atoms with Crippen LogP contribution in [0.1, 0.15) is 57.1 Å². The number of amides is 2. The minimum atomic E-state index is -0.520. The van der Waals surface area contributed by atoms with E-state index in [9.17, 15) is 14.4 Å². The lowest BCUT2D eigenvalue weighted by molar-refractivity contribution is -0.139. The van der Waals surface area contributed by atoms with Crippen molar-refractivity contribution in [2.45, 2.75) is 18.8 Å². The molecule has 0 spiro atoms. The molecule has 40 heavy (non-hydrogen) atoms. The molecule has 0 N–H and O–H groups in total. The number of hydrogen-bond donors (Lipinski definition) is 0. The van der Waals surface area contributed by atoms with Gasteiger partial charge in [0.15, 0.2) is 0 Å². The summed E-state index contributed by atoms with van der Waals surface area (Å²) in [5.74, 6) is -1.66. The zero-order valence-corrected chi connectivity index (χ0v) is 22.2. The molecule has 1 aliphatic heterocycles. The number of nitrogens with zero attached hydrogens (tertiary/aromatic N) is 2. The predicted molar refractivity (Wildman–Crippen MR) is 148 cm³/mol. The first-order chi connectivity index (χ1) is 19.5. The number of benzene rings is 3. The van der Waals surface area contributed by atoms with Crippen LogP contribution >= 0.6 is 11.6 Å². The topological polar surface area (TPSA) is 89.2 Å². The van der Waals surface area contributed by atoms with Crippen molar-refractivity contribution in [2.24, 2.45) is 16.9 Å². The van der Waals surface area contributed by atoms with Gasteiger partial charge in [0, 0.05) is 17.4 Å². The number of esters is 1. The van der Waals surface area contributed by atoms with E-state index in [1.165, 1.54) is 6.21 Å². The number of carbonyl (C=O) groups is 3. The highest BCUT2D eigenvalue weighted by molar-refractivity contribution is 6.33. The molecule has 8 heteroatoms. The predicted octanol–water partition coefficient (Wildman–Crippen LogP) is 6.00. The summed E-state index contributed by atoms with van der Waals surface area (Å²) in [7, 11) is 0. The van der Waals surface area contributed by atoms with E-state index < -0.39 is 17.8 Å². The smallest absolute Gasteiger partial charge is 0.339 e. The van der Waals surface area contributed by atoms with Gasteiger partial charge in [-0.05, 0) is 59.5 Å². The number of halogens is 1. The highest BCUT2D eigenvalue weighted by Crippen LogP contribution is 2.60. The standard InChI is InChI=1S/C32H23ClN2O5/c1-2-39-32(38)23-15-17(11-13-24(23)33)25-14-12-18(40-25)16-34-35-30(36)28-26-19-7-3-4-8-20(19)27(29(28)31(35)37)22-10-6-5-9-21(22)26/h3-16,26-29H,2H2,1H3/b34-16-/t26?,27?,28-,29-/m1/s1. The van der Waals surface area contributed by atoms with Crippen molar-refractivity contribution < 1.29 is 23.5 Å². The molecule has 4 aliphatic rings. The summed E-state index contributed by atoms with van der Waals surface area (Å²) in [5, 5.41) is 5.60. The molecule has 2 heterocycles. The molecule has 0 unspecified atom stereocenters. The largest absolute Gasteiger partial charge is 0.462 e. The van der Waals surface area contributed by atoms with Crippen LogP contribution < -0.4 is 0 Å². The maximum Gasteiger partial charge on any atom is 0.339 e. The Kier molecular flexibility index (Phi) is 5.71. The van der Waals surface area contributed by atoms with Gasteiger partial charge in [0.2, 0.25) is 0 Å². The van der Waals surface area contributed by atoms with Gasteiger partial charge in [-0.2, -0.15) is 10.1 Å². The van der Waals surface area contributed by atoms with Gasteiger partial charge in [-0.3, -0.25) is 9.59 Å². The first-order valence-electron chi connectivity index (χ1n) is 13.1. The van der Waals surface area contributed by atoms with E-state index in [0.717, 1.165) is 27.3 Å². The zero-order valence-electron chi connectivity index (χ0n) is 21.4. The van der Waals surface area contributed by atoms with Crippen molar-refractivity contribution in [3.63, 3.8) is 0 Å². The van der Waals surface area contributed by atoms with Crippen LogP contribution in [0, 0.1) is 11.8 Å². The molecule has 2 bridgehead atoms. The molecule has 4 aromatic rings. The van der Waals surface area contributed by atoms with Crippen LogP contribution in [0.15, 0.2) is 88.4 Å². The van der Waals surface area contributed by atoms with Gasteiger partial charge < -0.3 is 9.15 Å². The van der Waals surface area contributed by atoms with E-state index >= 15 is 0 Å². The second-order valence-corrected chi connectivity index (χ2v) is 10.5. The summed E-state index contributed by atoms with van der Waals surface area (Å²) in [6.07, 6.45) is 1.38. The molecule has 3 aromatic carbocycles. The van der Waals surface area contributed by atoms with Crippen LogP contribution in [-0.4, -0.2) is 35.6 Å². The Balaban J connectivity index is 1.18. The van der Waals surface area contributed by atoms with Gasteiger partial charge in [0.05, 0.1) is 35.2 Å². The van der Waals surface area contributed by atoms with E-state index in [1.807, 2.05) is 24.3 Å². The Labute approximate surface area is 235 Å². The van der Waals surface area contributed by atoms with Gasteiger partial charge in [-0.1, -0.05) is 60.1 Å². The van der Waals surface area contributed by atoms with E-state index in [0.29, 0.717) is 17.1 Å². The quantitative estimate of drug-likeness (QED) is 0.173. The fourth-order valence-electron chi connectivity index (χ4n) is 6.51. The molecule has 0 radical (unpaired) electrons. The Morgan fingerprint density at radius 2 is 1.48 bits per heavy atom. The van der Waals surface area contributed by atoms with Crippen LogP contribution in [-0.2, 0) is 14.3 Å². The monoisotopic (exact) mass is 550 g/mol. The summed E-state index contributed by atoms with van der Waals surface area (Å²) in [4.78, 5) is 39.6. The molecule has 8 rings (SSSR count). The molecule has 0 saturated carbocycles. The number of hydrogen-bond acceptors (Lipinski definition) is 6. The third-order valence-electron chi connectivity index (χ3n) is 8.10. The lowest BCUT2D eigenvalue weighted by Gasteiger charge is -2.45. The first kappa shape index (κ1) is 24.5. The third-order valence-corrected chi connectivity index (χ3v) is 8.43. The van der Waals surface area contributed by atoms with Crippen molar-refractivity contribution in [3.8, 4) is 11.3 Å². The highest BCUT2D eigenvalue weighted by Gasteiger charge is 2.61. The Bertz CT molecular complexity index is 1630. The summed E-state index contributed by atoms with van der Waals surface area (Å²) in [6, 6.07) is 24.6. The molecule has 2 amide bonds. The summed E-state index contributed by atoms with van der Waals surface area (Å²) >= 11 is 6.18. The lowest BCUT2D eigenvalue weighted by Crippen LogP contribution is -2.41. The second-order valence-electron chi connectivity index (χ2n) is 10.1. The third kappa shape index (κ3) is 3.58. The summed E-state index contributed by atoms with van der Waals surface area (Å²) in [6.45, 7) is 1.96. The van der Waals surface area contributed by atoms with Gasteiger partial charge in [-0.25, -0.2) is 4.79 Å². The number of ether oxygens (including phenoxy) is 1. The number of furan rings is 1. The van der Waals surface area contributed by atoms with Crippen LogP contribution in [0.5, 0.6) is 0 Å². The first-order valence-corrected chi connectivity index (χ1v) is 13.5. The SMILES string of the molecule is CCOC(=O)c1cc(-c2ccc(/C=N\N3C(=O)[C@@H]4C5c6ccccc6C(c6ccccc65)[C@H]4C3=O)o2)ccc1Cl. The number of imide groups is 1. The van der Waals surface area contributed by atoms with E-state index in [4.69, 9.17) is 20.8 Å².